The second-order valence-corrected chi connectivity index (χ2v) is 5.15. The van der Waals surface area contributed by atoms with Crippen LogP contribution in [-0.2, 0) is 0 Å². The van der Waals surface area contributed by atoms with Crippen LogP contribution in [0.2, 0.25) is 0 Å². The Bertz CT molecular complexity index is 473. The van der Waals surface area contributed by atoms with Gasteiger partial charge in [0.25, 0.3) is 5.91 Å². The molecule has 1 aliphatic rings. The molecule has 20 heavy (non-hydrogen) atoms. The number of carbonyl (C=O) groups excluding carboxylic acids is 1. The molecule has 1 saturated heterocycles. The smallest absolute Gasteiger partial charge is 0.257 e. The van der Waals surface area contributed by atoms with Gasteiger partial charge in [0.2, 0.25) is 0 Å². The van der Waals surface area contributed by atoms with Crippen molar-refractivity contribution in [2.75, 3.05) is 26.8 Å². The van der Waals surface area contributed by atoms with Gasteiger partial charge in [0.1, 0.15) is 11.5 Å². The molecular formula is C15H21NO4. The molecule has 1 aromatic carbocycles. The molecule has 0 saturated carbocycles. The zero-order valence-corrected chi connectivity index (χ0v) is 11.7. The highest BCUT2D eigenvalue weighted by atomic mass is 16.5. The quantitative estimate of drug-likeness (QED) is 0.879. The molecule has 110 valence electrons. The fourth-order valence-corrected chi connectivity index (χ4v) is 2.65. The molecule has 1 amide bonds. The number of likely N-dealkylation sites (tertiary alicyclic amines) is 1. The van der Waals surface area contributed by atoms with Gasteiger partial charge in [-0.15, -0.1) is 0 Å². The number of aromatic hydroxyl groups is 1. The van der Waals surface area contributed by atoms with Crippen LogP contribution in [0.15, 0.2) is 18.2 Å². The van der Waals surface area contributed by atoms with Crippen LogP contribution < -0.4 is 4.74 Å². The molecule has 0 radical (unpaired) electrons. The molecule has 2 N–H and O–H groups in total. The van der Waals surface area contributed by atoms with Gasteiger partial charge in [-0.3, -0.25) is 4.79 Å². The first-order valence-electron chi connectivity index (χ1n) is 6.93. The number of rotatable bonds is 4. The third-order valence-electron chi connectivity index (χ3n) is 3.78. The summed E-state index contributed by atoms with van der Waals surface area (Å²) in [6.45, 7) is 1.48. The van der Waals surface area contributed by atoms with Crippen molar-refractivity contribution in [3.63, 3.8) is 0 Å². The van der Waals surface area contributed by atoms with Crippen molar-refractivity contribution in [2.24, 2.45) is 5.92 Å². The van der Waals surface area contributed by atoms with Crippen molar-refractivity contribution in [2.45, 2.75) is 19.3 Å². The number of amides is 1. The fraction of sp³-hybridized carbons (Fsp3) is 0.533. The predicted octanol–water partition coefficient (Wildman–Crippen LogP) is 1.64. The molecule has 5 nitrogen and oxygen atoms in total. The van der Waals surface area contributed by atoms with Crippen molar-refractivity contribution in [3.05, 3.63) is 23.8 Å². The molecule has 1 aliphatic heterocycles. The average molecular weight is 279 g/mol. The lowest BCUT2D eigenvalue weighted by Crippen LogP contribution is -2.40. The van der Waals surface area contributed by atoms with E-state index in [9.17, 15) is 9.90 Å². The van der Waals surface area contributed by atoms with Gasteiger partial charge in [-0.2, -0.15) is 0 Å². The maximum absolute atomic E-state index is 12.5. The number of nitrogens with zero attached hydrogens (tertiary/aromatic N) is 1. The summed E-state index contributed by atoms with van der Waals surface area (Å²) in [5, 5.41) is 18.9. The SMILES string of the molecule is COc1ccc(O)c(C(=O)N2CCCC(CCO)C2)c1. The molecule has 0 aromatic heterocycles. The number of phenols is 1. The van der Waals surface area contributed by atoms with E-state index in [1.165, 1.54) is 13.2 Å². The lowest BCUT2D eigenvalue weighted by Gasteiger charge is -2.32. The van der Waals surface area contributed by atoms with Crippen molar-refractivity contribution < 1.29 is 19.7 Å². The number of carbonyl (C=O) groups is 1. The van der Waals surface area contributed by atoms with E-state index in [0.717, 1.165) is 12.8 Å². The number of ether oxygens (including phenoxy) is 1. The number of benzene rings is 1. The zero-order chi connectivity index (χ0) is 14.5. The van der Waals surface area contributed by atoms with Crippen molar-refractivity contribution in [3.8, 4) is 11.5 Å². The van der Waals surface area contributed by atoms with E-state index in [0.29, 0.717) is 31.2 Å². The summed E-state index contributed by atoms with van der Waals surface area (Å²) < 4.78 is 5.09. The van der Waals surface area contributed by atoms with Gasteiger partial charge in [0, 0.05) is 19.7 Å². The second kappa shape index (κ2) is 6.61. The number of hydrogen-bond donors (Lipinski definition) is 2. The maximum atomic E-state index is 12.5. The largest absolute Gasteiger partial charge is 0.507 e. The fourth-order valence-electron chi connectivity index (χ4n) is 2.65. The van der Waals surface area contributed by atoms with Crippen molar-refractivity contribution in [1.82, 2.24) is 4.90 Å². The third-order valence-corrected chi connectivity index (χ3v) is 3.78. The van der Waals surface area contributed by atoms with Gasteiger partial charge in [0.15, 0.2) is 0 Å². The number of hydrogen-bond acceptors (Lipinski definition) is 4. The monoisotopic (exact) mass is 279 g/mol. The lowest BCUT2D eigenvalue weighted by molar-refractivity contribution is 0.0650. The van der Waals surface area contributed by atoms with Crippen LogP contribution in [0.25, 0.3) is 0 Å². The molecule has 1 atom stereocenters. The van der Waals surface area contributed by atoms with Gasteiger partial charge in [0.05, 0.1) is 12.7 Å². The Hall–Kier alpha value is -1.75. The average Bonchev–Trinajstić information content (AvgIpc) is 2.48. The van der Waals surface area contributed by atoms with Crippen LogP contribution in [0.5, 0.6) is 11.5 Å². The highest BCUT2D eigenvalue weighted by Gasteiger charge is 2.25. The molecule has 5 heteroatoms. The Kier molecular flexibility index (Phi) is 4.84. The highest BCUT2D eigenvalue weighted by Crippen LogP contribution is 2.27. The van der Waals surface area contributed by atoms with Crippen LogP contribution in [-0.4, -0.2) is 47.8 Å². The van der Waals surface area contributed by atoms with Crippen molar-refractivity contribution in [1.29, 1.82) is 0 Å². The third kappa shape index (κ3) is 3.22. The molecule has 1 heterocycles. The van der Waals surface area contributed by atoms with E-state index in [1.54, 1.807) is 17.0 Å². The molecule has 0 spiro atoms. The first kappa shape index (κ1) is 14.7. The van der Waals surface area contributed by atoms with Gasteiger partial charge in [-0.1, -0.05) is 0 Å². The molecule has 1 aromatic rings. The molecule has 1 unspecified atom stereocenters. The van der Waals surface area contributed by atoms with E-state index in [1.807, 2.05) is 0 Å². The Morgan fingerprint density at radius 1 is 1.50 bits per heavy atom. The van der Waals surface area contributed by atoms with E-state index in [-0.39, 0.29) is 23.8 Å². The van der Waals surface area contributed by atoms with E-state index in [4.69, 9.17) is 9.84 Å². The zero-order valence-electron chi connectivity index (χ0n) is 11.7. The Balaban J connectivity index is 2.14. The lowest BCUT2D eigenvalue weighted by atomic mass is 9.94. The van der Waals surface area contributed by atoms with Crippen LogP contribution in [0.1, 0.15) is 29.6 Å². The first-order chi connectivity index (χ1) is 9.65. The number of aliphatic hydroxyl groups is 1. The van der Waals surface area contributed by atoms with Crippen LogP contribution >= 0.6 is 0 Å². The predicted molar refractivity (Wildman–Crippen MR) is 75.0 cm³/mol. The normalized spacial score (nSPS) is 18.9. The van der Waals surface area contributed by atoms with E-state index >= 15 is 0 Å². The van der Waals surface area contributed by atoms with Crippen LogP contribution in [0, 0.1) is 5.92 Å². The summed E-state index contributed by atoms with van der Waals surface area (Å²) in [4.78, 5) is 14.2. The minimum Gasteiger partial charge on any atom is -0.507 e. The summed E-state index contributed by atoms with van der Waals surface area (Å²) in [5.41, 5.74) is 0.272. The summed E-state index contributed by atoms with van der Waals surface area (Å²) in [6, 6.07) is 4.66. The maximum Gasteiger partial charge on any atom is 0.257 e. The molecule has 2 rings (SSSR count). The second-order valence-electron chi connectivity index (χ2n) is 5.15. The van der Waals surface area contributed by atoms with Crippen LogP contribution in [0.3, 0.4) is 0 Å². The Morgan fingerprint density at radius 2 is 2.30 bits per heavy atom. The number of aliphatic hydroxyl groups excluding tert-OH is 1. The molecule has 0 aliphatic carbocycles. The summed E-state index contributed by atoms with van der Waals surface area (Å²) in [7, 11) is 1.53. The van der Waals surface area contributed by atoms with Gasteiger partial charge in [-0.05, 0) is 43.4 Å². The minimum atomic E-state index is -0.177. The van der Waals surface area contributed by atoms with Crippen molar-refractivity contribution >= 4 is 5.91 Å². The van der Waals surface area contributed by atoms with E-state index < -0.39 is 0 Å². The number of phenolic OH excluding ortho intramolecular Hbond substituents is 1. The van der Waals surface area contributed by atoms with Gasteiger partial charge >= 0.3 is 0 Å². The van der Waals surface area contributed by atoms with Gasteiger partial charge < -0.3 is 19.8 Å². The number of piperidine rings is 1. The van der Waals surface area contributed by atoms with Gasteiger partial charge in [-0.25, -0.2) is 0 Å². The molecule has 1 fully saturated rings. The summed E-state index contributed by atoms with van der Waals surface area (Å²) in [6.07, 6.45) is 2.68. The molecule has 0 bridgehead atoms. The molecular weight excluding hydrogens is 258 g/mol. The van der Waals surface area contributed by atoms with E-state index in [2.05, 4.69) is 0 Å². The first-order valence-corrected chi connectivity index (χ1v) is 6.93. The Labute approximate surface area is 118 Å². The van der Waals surface area contributed by atoms with Crippen LogP contribution in [0.4, 0.5) is 0 Å². The Morgan fingerprint density at radius 3 is 3.00 bits per heavy atom. The topological polar surface area (TPSA) is 70.0 Å². The minimum absolute atomic E-state index is 0.0277. The highest BCUT2D eigenvalue weighted by molar-refractivity contribution is 5.97. The number of methoxy groups -OCH3 is 1. The summed E-state index contributed by atoms with van der Waals surface area (Å²) >= 11 is 0. The summed E-state index contributed by atoms with van der Waals surface area (Å²) in [5.74, 6) is 0.685. The standard InChI is InChI=1S/C15H21NO4/c1-20-12-4-5-14(18)13(9-12)15(19)16-7-2-3-11(10-16)6-8-17/h4-5,9,11,17-18H,2-3,6-8,10H2,1H3.